The molecule has 1 nitrogen and oxygen atoms in total. The van der Waals surface area contributed by atoms with Crippen LogP contribution in [0.5, 0.6) is 0 Å². The third kappa shape index (κ3) is 5.72. The van der Waals surface area contributed by atoms with Gasteiger partial charge in [-0.15, -0.1) is 0 Å². The van der Waals surface area contributed by atoms with E-state index in [2.05, 4.69) is 229 Å². The second-order valence-corrected chi connectivity index (χ2v) is 14.9. The summed E-state index contributed by atoms with van der Waals surface area (Å²) in [5.41, 5.74) is 10.6. The summed E-state index contributed by atoms with van der Waals surface area (Å²) in [7, 11) is 0. The molecule has 0 fully saturated rings. The Morgan fingerprint density at radius 3 is 1.46 bits per heavy atom. The molecule has 0 unspecified atom stereocenters. The van der Waals surface area contributed by atoms with Crippen LogP contribution in [-0.2, 0) is 0 Å². The molecule has 0 saturated heterocycles. The van der Waals surface area contributed by atoms with Gasteiger partial charge in [-0.25, -0.2) is 0 Å². The fourth-order valence-electron chi connectivity index (χ4n) is 8.91. The fourth-order valence-corrected chi connectivity index (χ4v) is 8.91. The molecule has 11 rings (SSSR count). The standard InChI is InChI=1S/C56H37N/c1-3-16-40(17-4-1)55-53-25-12-11-24-51(53)52-32-29-44(37-54(52)56(55)41-18-5-2-6-19-41)43-21-13-22-46(35-43)57(47-30-28-38-14-7-8-20-42(38)34-47)48-31-33-50-45(36-48)27-26-39-15-9-10-23-49(39)50/h1-37H. The predicted octanol–water partition coefficient (Wildman–Crippen LogP) is 15.9. The maximum absolute atomic E-state index is 2.41. The number of nitrogens with zero attached hydrogens (tertiary/aromatic N) is 1. The zero-order valence-corrected chi connectivity index (χ0v) is 31.3. The van der Waals surface area contributed by atoms with Gasteiger partial charge in [-0.05, 0) is 130 Å². The zero-order chi connectivity index (χ0) is 37.7. The number of benzene rings is 11. The van der Waals surface area contributed by atoms with Crippen LogP contribution >= 0.6 is 0 Å². The Labute approximate surface area is 332 Å². The number of hydrogen-bond acceptors (Lipinski definition) is 1. The number of fused-ring (bicyclic) bond motifs is 7. The summed E-state index contributed by atoms with van der Waals surface area (Å²) in [6.45, 7) is 0. The molecule has 266 valence electrons. The lowest BCUT2D eigenvalue weighted by molar-refractivity contribution is 1.29. The molecule has 0 radical (unpaired) electrons. The van der Waals surface area contributed by atoms with Crippen molar-refractivity contribution in [2.75, 3.05) is 4.90 Å². The van der Waals surface area contributed by atoms with Gasteiger partial charge < -0.3 is 4.90 Å². The third-order valence-corrected chi connectivity index (χ3v) is 11.6. The van der Waals surface area contributed by atoms with E-state index < -0.39 is 0 Å². The van der Waals surface area contributed by atoms with E-state index in [0.717, 1.165) is 17.1 Å². The van der Waals surface area contributed by atoms with Crippen LogP contribution in [0.15, 0.2) is 224 Å². The van der Waals surface area contributed by atoms with Crippen LogP contribution in [0.25, 0.3) is 87.2 Å². The Balaban J connectivity index is 1.12. The monoisotopic (exact) mass is 723 g/mol. The van der Waals surface area contributed by atoms with E-state index in [1.807, 2.05) is 0 Å². The topological polar surface area (TPSA) is 3.24 Å². The van der Waals surface area contributed by atoms with Gasteiger partial charge in [0.1, 0.15) is 0 Å². The van der Waals surface area contributed by atoms with E-state index in [4.69, 9.17) is 0 Å². The van der Waals surface area contributed by atoms with E-state index in [9.17, 15) is 0 Å². The quantitative estimate of drug-likeness (QED) is 0.154. The molecule has 11 aromatic carbocycles. The minimum Gasteiger partial charge on any atom is -0.310 e. The molecule has 0 aliphatic rings. The van der Waals surface area contributed by atoms with Gasteiger partial charge in [0.25, 0.3) is 0 Å². The van der Waals surface area contributed by atoms with Crippen LogP contribution in [0.4, 0.5) is 17.1 Å². The summed E-state index contributed by atoms with van der Waals surface area (Å²) in [5, 5.41) is 12.5. The van der Waals surface area contributed by atoms with Crippen molar-refractivity contribution in [3.63, 3.8) is 0 Å². The van der Waals surface area contributed by atoms with Crippen molar-refractivity contribution in [3.8, 4) is 33.4 Å². The van der Waals surface area contributed by atoms with Gasteiger partial charge in [-0.3, -0.25) is 0 Å². The van der Waals surface area contributed by atoms with Gasteiger partial charge in [0, 0.05) is 17.1 Å². The highest BCUT2D eigenvalue weighted by Crippen LogP contribution is 2.46. The first-order valence-electron chi connectivity index (χ1n) is 19.7. The molecular weight excluding hydrogens is 687 g/mol. The first kappa shape index (κ1) is 32.9. The Morgan fingerprint density at radius 1 is 0.211 bits per heavy atom. The lowest BCUT2D eigenvalue weighted by Crippen LogP contribution is -2.10. The summed E-state index contributed by atoms with van der Waals surface area (Å²) in [6.07, 6.45) is 0. The highest BCUT2D eigenvalue weighted by atomic mass is 15.1. The molecule has 0 bridgehead atoms. The number of rotatable bonds is 6. The summed E-state index contributed by atoms with van der Waals surface area (Å²) in [5.74, 6) is 0. The van der Waals surface area contributed by atoms with Gasteiger partial charge in [-0.2, -0.15) is 0 Å². The molecule has 0 aliphatic heterocycles. The Morgan fingerprint density at radius 2 is 0.684 bits per heavy atom. The zero-order valence-electron chi connectivity index (χ0n) is 31.3. The van der Waals surface area contributed by atoms with E-state index in [-0.39, 0.29) is 0 Å². The van der Waals surface area contributed by atoms with Gasteiger partial charge >= 0.3 is 0 Å². The van der Waals surface area contributed by atoms with Gasteiger partial charge in [-0.1, -0.05) is 182 Å². The van der Waals surface area contributed by atoms with Crippen LogP contribution in [0, 0.1) is 0 Å². The normalized spacial score (nSPS) is 11.5. The van der Waals surface area contributed by atoms with E-state index in [1.165, 1.54) is 87.2 Å². The van der Waals surface area contributed by atoms with Crippen LogP contribution in [-0.4, -0.2) is 0 Å². The second-order valence-electron chi connectivity index (χ2n) is 14.9. The van der Waals surface area contributed by atoms with Crippen LogP contribution in [0.3, 0.4) is 0 Å². The summed E-state index contributed by atoms with van der Waals surface area (Å²) < 4.78 is 0. The van der Waals surface area contributed by atoms with Crippen molar-refractivity contribution < 1.29 is 0 Å². The predicted molar refractivity (Wildman–Crippen MR) is 245 cm³/mol. The fraction of sp³-hybridized carbons (Fsp3) is 0. The molecule has 1 heteroatoms. The van der Waals surface area contributed by atoms with Gasteiger partial charge in [0.05, 0.1) is 0 Å². The van der Waals surface area contributed by atoms with Gasteiger partial charge in [0.15, 0.2) is 0 Å². The molecule has 0 amide bonds. The average molecular weight is 724 g/mol. The van der Waals surface area contributed by atoms with Crippen molar-refractivity contribution in [1.82, 2.24) is 0 Å². The second kappa shape index (κ2) is 13.7. The van der Waals surface area contributed by atoms with Crippen molar-refractivity contribution in [1.29, 1.82) is 0 Å². The molecular formula is C56H37N. The maximum atomic E-state index is 2.41. The molecule has 0 aliphatic carbocycles. The molecule has 57 heavy (non-hydrogen) atoms. The Kier molecular flexibility index (Phi) is 7.89. The lowest BCUT2D eigenvalue weighted by atomic mass is 9.84. The Hall–Kier alpha value is -7.48. The Bertz CT molecular complexity index is 3290. The first-order chi connectivity index (χ1) is 28.3. The molecule has 0 heterocycles. The highest BCUT2D eigenvalue weighted by molar-refractivity contribution is 6.22. The van der Waals surface area contributed by atoms with Crippen molar-refractivity contribution in [2.45, 2.75) is 0 Å². The molecule has 0 N–H and O–H groups in total. The minimum absolute atomic E-state index is 1.11. The minimum atomic E-state index is 1.11. The highest BCUT2D eigenvalue weighted by Gasteiger charge is 2.19. The number of hydrogen-bond donors (Lipinski definition) is 0. The SMILES string of the molecule is c1ccc(-c2c(-c3ccccc3)c3cc(-c4cccc(N(c5ccc6ccccc6c5)c5ccc6c(ccc7ccccc76)c5)c4)ccc3c3ccccc23)cc1. The van der Waals surface area contributed by atoms with Gasteiger partial charge in [0.2, 0.25) is 0 Å². The molecule has 0 saturated carbocycles. The summed E-state index contributed by atoms with van der Waals surface area (Å²) in [6, 6.07) is 82.1. The van der Waals surface area contributed by atoms with E-state index in [1.54, 1.807) is 0 Å². The number of anilines is 3. The molecule has 0 aromatic heterocycles. The smallest absolute Gasteiger partial charge is 0.0468 e. The van der Waals surface area contributed by atoms with Crippen molar-refractivity contribution in [3.05, 3.63) is 224 Å². The summed E-state index contributed by atoms with van der Waals surface area (Å²) in [4.78, 5) is 2.40. The van der Waals surface area contributed by atoms with E-state index in [0.29, 0.717) is 0 Å². The molecule has 0 spiro atoms. The van der Waals surface area contributed by atoms with Crippen LogP contribution in [0.1, 0.15) is 0 Å². The summed E-state index contributed by atoms with van der Waals surface area (Å²) >= 11 is 0. The van der Waals surface area contributed by atoms with Crippen LogP contribution in [0.2, 0.25) is 0 Å². The third-order valence-electron chi connectivity index (χ3n) is 11.6. The first-order valence-corrected chi connectivity index (χ1v) is 19.7. The van der Waals surface area contributed by atoms with E-state index >= 15 is 0 Å². The van der Waals surface area contributed by atoms with Crippen LogP contribution < -0.4 is 4.90 Å². The lowest BCUT2D eigenvalue weighted by Gasteiger charge is -2.27. The molecule has 0 atom stereocenters. The average Bonchev–Trinajstić information content (AvgIpc) is 3.29. The van der Waals surface area contributed by atoms with Crippen molar-refractivity contribution in [2.24, 2.45) is 0 Å². The largest absolute Gasteiger partial charge is 0.310 e. The van der Waals surface area contributed by atoms with Crippen molar-refractivity contribution >= 4 is 70.9 Å². The molecule has 11 aromatic rings. The maximum Gasteiger partial charge on any atom is 0.0468 e.